The molecule has 0 aliphatic heterocycles. The highest BCUT2D eigenvalue weighted by Gasteiger charge is 2.29. The maximum absolute atomic E-state index is 12.7. The molecule has 1 aromatic carbocycles. The summed E-state index contributed by atoms with van der Waals surface area (Å²) in [6.45, 7) is 7.87. The molecule has 1 amide bonds. The van der Waals surface area contributed by atoms with E-state index in [1.54, 1.807) is 4.57 Å². The quantitative estimate of drug-likeness (QED) is 0.758. The maximum Gasteiger partial charge on any atom is 0.250 e. The molecule has 0 saturated carbocycles. The number of sulfone groups is 1. The number of nitrogens with zero attached hydrogens (tertiary/aromatic N) is 3. The number of amides is 1. The summed E-state index contributed by atoms with van der Waals surface area (Å²) in [5.74, 6) is -0.612. The molecule has 2 rings (SSSR count). The Kier molecular flexibility index (Phi) is 6.17. The van der Waals surface area contributed by atoms with Gasteiger partial charge in [0.25, 0.3) is 0 Å². The van der Waals surface area contributed by atoms with Crippen LogP contribution in [0.15, 0.2) is 35.5 Å². The molecule has 0 aliphatic carbocycles. The third kappa shape index (κ3) is 4.91. The molecule has 0 saturated heterocycles. The number of carbonyl (C=O) groups is 1. The molecule has 0 radical (unpaired) electrons. The normalized spacial score (nSPS) is 12.2. The molecule has 7 nitrogen and oxygen atoms in total. The van der Waals surface area contributed by atoms with Gasteiger partial charge in [0.1, 0.15) is 11.6 Å². The average molecular weight is 378 g/mol. The van der Waals surface area contributed by atoms with Crippen LogP contribution < -0.4 is 5.32 Å². The summed E-state index contributed by atoms with van der Waals surface area (Å²) in [6.07, 6.45) is 1.18. The maximum atomic E-state index is 12.7. The van der Waals surface area contributed by atoms with Crippen molar-refractivity contribution >= 4 is 15.7 Å². The minimum absolute atomic E-state index is 0.157. The molecular formula is C18H26N4O3S. The van der Waals surface area contributed by atoms with Crippen LogP contribution in [0.2, 0.25) is 0 Å². The summed E-state index contributed by atoms with van der Waals surface area (Å²) in [5.41, 5.74) is 0.560. The molecule has 8 heteroatoms. The van der Waals surface area contributed by atoms with Crippen molar-refractivity contribution in [3.63, 3.8) is 0 Å². The van der Waals surface area contributed by atoms with Crippen molar-refractivity contribution in [1.29, 1.82) is 0 Å². The summed E-state index contributed by atoms with van der Waals surface area (Å²) in [6, 6.07) is 9.64. The number of hydrogen-bond acceptors (Lipinski definition) is 5. The van der Waals surface area contributed by atoms with Crippen LogP contribution in [0.4, 0.5) is 0 Å². The second kappa shape index (κ2) is 7.99. The van der Waals surface area contributed by atoms with Gasteiger partial charge in [0.2, 0.25) is 20.9 Å². The molecule has 142 valence electrons. The molecule has 0 spiro atoms. The van der Waals surface area contributed by atoms with E-state index in [2.05, 4.69) is 15.5 Å². The molecule has 1 heterocycles. The van der Waals surface area contributed by atoms with Gasteiger partial charge in [-0.2, -0.15) is 0 Å². The van der Waals surface area contributed by atoms with E-state index in [9.17, 15) is 13.2 Å². The van der Waals surface area contributed by atoms with Crippen molar-refractivity contribution in [2.24, 2.45) is 0 Å². The number of rotatable bonds is 8. The first-order valence-electron chi connectivity index (χ1n) is 8.68. The van der Waals surface area contributed by atoms with Gasteiger partial charge in [0.05, 0.1) is 0 Å². The Hall–Kier alpha value is -2.22. The van der Waals surface area contributed by atoms with E-state index in [-0.39, 0.29) is 5.16 Å². The zero-order valence-corrected chi connectivity index (χ0v) is 16.5. The molecule has 0 atom stereocenters. The molecule has 1 N–H and O–H groups in total. The first-order valence-corrected chi connectivity index (χ1v) is 10.3. The van der Waals surface area contributed by atoms with Crippen LogP contribution in [0.1, 0.15) is 45.5 Å². The standard InChI is InChI=1S/C18H26N4O3S/c1-5-18(3,4)19-16(23)13-26(24,25)17-21-20-15(22(17)6-2)12-14-10-8-7-9-11-14/h7-11H,5-6,12-13H2,1-4H3,(H,19,23). The lowest BCUT2D eigenvalue weighted by atomic mass is 10.0. The minimum atomic E-state index is -3.88. The molecule has 0 bridgehead atoms. The van der Waals surface area contributed by atoms with Gasteiger partial charge in [-0.3, -0.25) is 4.79 Å². The summed E-state index contributed by atoms with van der Waals surface area (Å²) < 4.78 is 26.9. The van der Waals surface area contributed by atoms with Gasteiger partial charge in [0.15, 0.2) is 0 Å². The Morgan fingerprint density at radius 2 is 1.81 bits per heavy atom. The molecule has 0 aliphatic rings. The van der Waals surface area contributed by atoms with Gasteiger partial charge >= 0.3 is 0 Å². The topological polar surface area (TPSA) is 93.9 Å². The number of carbonyl (C=O) groups excluding carboxylic acids is 1. The van der Waals surface area contributed by atoms with E-state index in [1.165, 1.54) is 0 Å². The second-order valence-electron chi connectivity index (χ2n) is 6.85. The van der Waals surface area contributed by atoms with E-state index < -0.39 is 27.0 Å². The van der Waals surface area contributed by atoms with Gasteiger partial charge in [-0.15, -0.1) is 10.2 Å². The molecule has 2 aromatic rings. The highest BCUT2D eigenvalue weighted by atomic mass is 32.2. The van der Waals surface area contributed by atoms with Crippen LogP contribution >= 0.6 is 0 Å². The lowest BCUT2D eigenvalue weighted by Crippen LogP contribution is -2.45. The lowest BCUT2D eigenvalue weighted by Gasteiger charge is -2.24. The number of aromatic nitrogens is 3. The van der Waals surface area contributed by atoms with Crippen molar-refractivity contribution in [3.8, 4) is 0 Å². The van der Waals surface area contributed by atoms with Crippen molar-refractivity contribution in [2.75, 3.05) is 5.75 Å². The Morgan fingerprint density at radius 3 is 2.38 bits per heavy atom. The molecule has 0 unspecified atom stereocenters. The van der Waals surface area contributed by atoms with Gasteiger partial charge in [-0.05, 0) is 32.8 Å². The van der Waals surface area contributed by atoms with Crippen molar-refractivity contribution in [3.05, 3.63) is 41.7 Å². The third-order valence-electron chi connectivity index (χ3n) is 4.28. The van der Waals surface area contributed by atoms with E-state index in [1.807, 2.05) is 58.0 Å². The zero-order valence-electron chi connectivity index (χ0n) is 15.7. The van der Waals surface area contributed by atoms with E-state index >= 15 is 0 Å². The van der Waals surface area contributed by atoms with Crippen LogP contribution in [0.25, 0.3) is 0 Å². The fraction of sp³-hybridized carbons (Fsp3) is 0.500. The highest BCUT2D eigenvalue weighted by Crippen LogP contribution is 2.15. The van der Waals surface area contributed by atoms with Crippen LogP contribution in [0, 0.1) is 0 Å². The number of hydrogen-bond donors (Lipinski definition) is 1. The van der Waals surface area contributed by atoms with Crippen molar-refractivity contribution in [2.45, 2.75) is 57.8 Å². The molecule has 26 heavy (non-hydrogen) atoms. The van der Waals surface area contributed by atoms with E-state index in [0.717, 1.165) is 5.56 Å². The Balaban J connectivity index is 2.23. The predicted octanol–water partition coefficient (Wildman–Crippen LogP) is 1.97. The summed E-state index contributed by atoms with van der Waals surface area (Å²) in [4.78, 5) is 12.2. The van der Waals surface area contributed by atoms with Crippen molar-refractivity contribution < 1.29 is 13.2 Å². The predicted molar refractivity (Wildman–Crippen MR) is 99.5 cm³/mol. The lowest BCUT2D eigenvalue weighted by molar-refractivity contribution is -0.120. The Bertz CT molecular complexity index is 858. The fourth-order valence-electron chi connectivity index (χ4n) is 2.51. The number of benzene rings is 1. The smallest absolute Gasteiger partial charge is 0.250 e. The fourth-order valence-corrected chi connectivity index (χ4v) is 3.80. The Labute approximate surface area is 154 Å². The Morgan fingerprint density at radius 1 is 1.15 bits per heavy atom. The van der Waals surface area contributed by atoms with Gasteiger partial charge in [0, 0.05) is 18.5 Å². The van der Waals surface area contributed by atoms with Crippen LogP contribution in [0.3, 0.4) is 0 Å². The summed E-state index contributed by atoms with van der Waals surface area (Å²) >= 11 is 0. The third-order valence-corrected chi connectivity index (χ3v) is 5.78. The monoisotopic (exact) mass is 378 g/mol. The summed E-state index contributed by atoms with van der Waals surface area (Å²) in [5, 5.41) is 10.5. The highest BCUT2D eigenvalue weighted by molar-refractivity contribution is 7.91. The molecular weight excluding hydrogens is 352 g/mol. The van der Waals surface area contributed by atoms with Gasteiger partial charge in [-0.25, -0.2) is 8.42 Å². The van der Waals surface area contributed by atoms with Crippen molar-refractivity contribution in [1.82, 2.24) is 20.1 Å². The minimum Gasteiger partial charge on any atom is -0.350 e. The zero-order chi connectivity index (χ0) is 19.4. The average Bonchev–Trinajstić information content (AvgIpc) is 2.98. The van der Waals surface area contributed by atoms with Gasteiger partial charge in [-0.1, -0.05) is 37.3 Å². The van der Waals surface area contributed by atoms with Crippen LogP contribution in [-0.4, -0.2) is 40.4 Å². The SMILES string of the molecule is CCn1c(Cc2ccccc2)nnc1S(=O)(=O)CC(=O)NC(C)(C)CC. The van der Waals surface area contributed by atoms with E-state index in [4.69, 9.17) is 0 Å². The molecule has 0 fully saturated rings. The number of nitrogens with one attached hydrogen (secondary N) is 1. The van der Waals surface area contributed by atoms with E-state index in [0.29, 0.717) is 25.2 Å². The van der Waals surface area contributed by atoms with Gasteiger partial charge < -0.3 is 9.88 Å². The summed E-state index contributed by atoms with van der Waals surface area (Å²) in [7, 11) is -3.88. The second-order valence-corrected chi connectivity index (χ2v) is 8.73. The molecule has 1 aromatic heterocycles. The largest absolute Gasteiger partial charge is 0.350 e. The van der Waals surface area contributed by atoms with Crippen LogP contribution in [0.5, 0.6) is 0 Å². The first kappa shape index (κ1) is 20.1. The first-order chi connectivity index (χ1) is 12.2. The van der Waals surface area contributed by atoms with Crippen LogP contribution in [-0.2, 0) is 27.6 Å².